The highest BCUT2D eigenvalue weighted by Crippen LogP contribution is 2.34. The van der Waals surface area contributed by atoms with Crippen LogP contribution >= 0.6 is 0 Å². The smallest absolute Gasteiger partial charge is 0.310 e. The highest BCUT2D eigenvalue weighted by Gasteiger charge is 2.36. The van der Waals surface area contributed by atoms with Gasteiger partial charge in [-0.2, -0.15) is 5.10 Å². The van der Waals surface area contributed by atoms with Crippen LogP contribution in [-0.4, -0.2) is 23.2 Å². The molecule has 6 nitrogen and oxygen atoms in total. The molecule has 2 aromatic heterocycles. The van der Waals surface area contributed by atoms with Crippen LogP contribution in [-0.2, 0) is 0 Å². The van der Waals surface area contributed by atoms with Gasteiger partial charge >= 0.3 is 5.91 Å². The van der Waals surface area contributed by atoms with Gasteiger partial charge < -0.3 is 13.6 Å². The van der Waals surface area contributed by atoms with Crippen LogP contribution in [0.5, 0.6) is 5.75 Å². The topological polar surface area (TPSA) is 68.2 Å². The number of hydrogen-bond donors (Lipinski definition) is 0. The Labute approximate surface area is 150 Å². The van der Waals surface area contributed by atoms with Crippen molar-refractivity contribution in [2.24, 2.45) is 5.10 Å². The summed E-state index contributed by atoms with van der Waals surface area (Å²) in [6, 6.07) is 14.4. The van der Waals surface area contributed by atoms with Gasteiger partial charge in [0.15, 0.2) is 5.76 Å². The van der Waals surface area contributed by atoms with E-state index in [2.05, 4.69) is 5.10 Å². The number of nitrogens with zero attached hydrogens (tertiary/aromatic N) is 2. The molecular weight excluding hydrogens is 332 g/mol. The molecule has 1 amide bonds. The second kappa shape index (κ2) is 6.92. The quantitative estimate of drug-likeness (QED) is 0.689. The predicted molar refractivity (Wildman–Crippen MR) is 95.1 cm³/mol. The molecule has 0 fully saturated rings. The maximum absolute atomic E-state index is 12.8. The Morgan fingerprint density at radius 2 is 1.92 bits per heavy atom. The van der Waals surface area contributed by atoms with E-state index in [1.165, 1.54) is 11.3 Å². The highest BCUT2D eigenvalue weighted by atomic mass is 16.5. The van der Waals surface area contributed by atoms with Gasteiger partial charge in [-0.1, -0.05) is 0 Å². The Balaban J connectivity index is 1.65. The summed E-state index contributed by atoms with van der Waals surface area (Å²) in [5.74, 6) is 1.45. The molecule has 0 aliphatic carbocycles. The van der Waals surface area contributed by atoms with Gasteiger partial charge in [0, 0.05) is 6.42 Å². The van der Waals surface area contributed by atoms with E-state index in [0.717, 1.165) is 17.0 Å². The summed E-state index contributed by atoms with van der Waals surface area (Å²) in [6.07, 6.45) is 3.63. The summed E-state index contributed by atoms with van der Waals surface area (Å²) < 4.78 is 16.3. The minimum Gasteiger partial charge on any atom is -0.494 e. The number of carbonyl (C=O) groups is 1. The number of amides is 1. The molecule has 1 atom stereocenters. The van der Waals surface area contributed by atoms with Crippen molar-refractivity contribution in [3.05, 3.63) is 78.1 Å². The lowest BCUT2D eigenvalue weighted by Crippen LogP contribution is -2.26. The maximum Gasteiger partial charge on any atom is 0.310 e. The SMILES string of the molecule is CCOc1ccc(C2=NN(C(=O)c3ccco3)C(c3ccco3)C2)cc1. The standard InChI is InChI=1S/C20H18N2O4/c1-2-24-15-9-7-14(8-10-15)16-13-17(18-5-3-11-25-18)22(21-16)20(23)19-6-4-12-26-19/h3-12,17H,2,13H2,1H3. The normalized spacial score (nSPS) is 16.6. The molecule has 0 saturated heterocycles. The first-order valence-electron chi connectivity index (χ1n) is 8.47. The molecule has 3 aromatic rings. The molecule has 0 spiro atoms. The number of ether oxygens (including phenoxy) is 1. The fourth-order valence-corrected chi connectivity index (χ4v) is 3.00. The minimum atomic E-state index is -0.302. The van der Waals surface area contributed by atoms with Crippen LogP contribution in [0.15, 0.2) is 75.0 Å². The van der Waals surface area contributed by atoms with Crippen molar-refractivity contribution in [1.29, 1.82) is 0 Å². The van der Waals surface area contributed by atoms with Crippen molar-refractivity contribution >= 4 is 11.6 Å². The molecular formula is C20H18N2O4. The van der Waals surface area contributed by atoms with E-state index in [0.29, 0.717) is 18.8 Å². The molecule has 1 aromatic carbocycles. The Hall–Kier alpha value is -3.28. The molecule has 0 bridgehead atoms. The van der Waals surface area contributed by atoms with Crippen LogP contribution in [0, 0.1) is 0 Å². The third kappa shape index (κ3) is 3.01. The molecule has 4 rings (SSSR count). The number of hydrazone groups is 1. The van der Waals surface area contributed by atoms with E-state index in [1.807, 2.05) is 37.3 Å². The first-order chi connectivity index (χ1) is 12.8. The molecule has 1 aliphatic heterocycles. The van der Waals surface area contributed by atoms with Crippen LogP contribution in [0.1, 0.15) is 41.3 Å². The van der Waals surface area contributed by atoms with Gasteiger partial charge in [0.25, 0.3) is 0 Å². The summed E-state index contributed by atoms with van der Waals surface area (Å²) in [4.78, 5) is 12.8. The van der Waals surface area contributed by atoms with E-state index in [1.54, 1.807) is 24.5 Å². The lowest BCUT2D eigenvalue weighted by molar-refractivity contribution is 0.0660. The molecule has 3 heterocycles. The molecule has 0 N–H and O–H groups in total. The third-order valence-corrected chi connectivity index (χ3v) is 4.22. The second-order valence-corrected chi connectivity index (χ2v) is 5.87. The molecule has 6 heteroatoms. The number of carbonyl (C=O) groups excluding carboxylic acids is 1. The summed E-state index contributed by atoms with van der Waals surface area (Å²) in [5.41, 5.74) is 1.76. The van der Waals surface area contributed by atoms with Crippen LogP contribution in [0.4, 0.5) is 0 Å². The first-order valence-corrected chi connectivity index (χ1v) is 8.47. The van der Waals surface area contributed by atoms with Gasteiger partial charge in [-0.25, -0.2) is 5.01 Å². The lowest BCUT2D eigenvalue weighted by atomic mass is 10.0. The van der Waals surface area contributed by atoms with E-state index in [4.69, 9.17) is 13.6 Å². The van der Waals surface area contributed by atoms with Gasteiger partial charge in [-0.15, -0.1) is 0 Å². The predicted octanol–water partition coefficient (Wildman–Crippen LogP) is 4.26. The third-order valence-electron chi connectivity index (χ3n) is 4.22. The fourth-order valence-electron chi connectivity index (χ4n) is 3.00. The Kier molecular flexibility index (Phi) is 4.31. The van der Waals surface area contributed by atoms with Gasteiger partial charge in [0.2, 0.25) is 0 Å². The fraction of sp³-hybridized carbons (Fsp3) is 0.200. The zero-order valence-corrected chi connectivity index (χ0v) is 14.3. The molecule has 0 saturated carbocycles. The number of furan rings is 2. The summed E-state index contributed by atoms with van der Waals surface area (Å²) >= 11 is 0. The van der Waals surface area contributed by atoms with E-state index in [-0.39, 0.29) is 17.7 Å². The zero-order valence-electron chi connectivity index (χ0n) is 14.3. The Morgan fingerprint density at radius 1 is 1.15 bits per heavy atom. The lowest BCUT2D eigenvalue weighted by Gasteiger charge is -2.18. The number of benzene rings is 1. The van der Waals surface area contributed by atoms with Crippen molar-refractivity contribution in [3.8, 4) is 5.75 Å². The van der Waals surface area contributed by atoms with Crippen LogP contribution in [0.25, 0.3) is 0 Å². The maximum atomic E-state index is 12.8. The average Bonchev–Trinajstić information content (AvgIpc) is 3.42. The zero-order chi connectivity index (χ0) is 17.9. The summed E-state index contributed by atoms with van der Waals surface area (Å²) in [5, 5.41) is 6.00. The van der Waals surface area contributed by atoms with Gasteiger partial charge in [0.05, 0.1) is 24.8 Å². The van der Waals surface area contributed by atoms with Gasteiger partial charge in [-0.3, -0.25) is 4.79 Å². The van der Waals surface area contributed by atoms with Crippen molar-refractivity contribution in [3.63, 3.8) is 0 Å². The molecule has 0 radical (unpaired) electrons. The number of hydrogen-bond acceptors (Lipinski definition) is 5. The summed E-state index contributed by atoms with van der Waals surface area (Å²) in [6.45, 7) is 2.56. The Morgan fingerprint density at radius 3 is 2.58 bits per heavy atom. The molecule has 1 aliphatic rings. The monoisotopic (exact) mass is 350 g/mol. The Bertz CT molecular complexity index is 896. The van der Waals surface area contributed by atoms with Crippen LogP contribution < -0.4 is 4.74 Å². The van der Waals surface area contributed by atoms with Gasteiger partial charge in [0.1, 0.15) is 17.6 Å². The average molecular weight is 350 g/mol. The van der Waals surface area contributed by atoms with E-state index >= 15 is 0 Å². The van der Waals surface area contributed by atoms with Gasteiger partial charge in [-0.05, 0) is 61.0 Å². The van der Waals surface area contributed by atoms with E-state index in [9.17, 15) is 4.79 Å². The van der Waals surface area contributed by atoms with Crippen LogP contribution in [0.3, 0.4) is 0 Å². The highest BCUT2D eigenvalue weighted by molar-refractivity contribution is 6.04. The first kappa shape index (κ1) is 16.2. The second-order valence-electron chi connectivity index (χ2n) is 5.87. The molecule has 26 heavy (non-hydrogen) atoms. The molecule has 132 valence electrons. The number of rotatable bonds is 5. The van der Waals surface area contributed by atoms with Crippen molar-refractivity contribution in [2.45, 2.75) is 19.4 Å². The largest absolute Gasteiger partial charge is 0.494 e. The van der Waals surface area contributed by atoms with Crippen LogP contribution in [0.2, 0.25) is 0 Å². The van der Waals surface area contributed by atoms with E-state index < -0.39 is 0 Å². The molecule has 1 unspecified atom stereocenters. The van der Waals surface area contributed by atoms with Crippen molar-refractivity contribution in [1.82, 2.24) is 5.01 Å². The van der Waals surface area contributed by atoms with Crippen molar-refractivity contribution < 1.29 is 18.4 Å². The summed E-state index contributed by atoms with van der Waals surface area (Å²) in [7, 11) is 0. The van der Waals surface area contributed by atoms with Crippen molar-refractivity contribution in [2.75, 3.05) is 6.61 Å². The minimum absolute atomic E-state index is 0.248.